The van der Waals surface area contributed by atoms with Gasteiger partial charge in [0.05, 0.1) is 0 Å². The van der Waals surface area contributed by atoms with Gasteiger partial charge in [0.2, 0.25) is 0 Å². The summed E-state index contributed by atoms with van der Waals surface area (Å²) < 4.78 is 0. The Balaban J connectivity index is 1.55. The molecule has 0 fully saturated rings. The Morgan fingerprint density at radius 3 is 1.93 bits per heavy atom. The van der Waals surface area contributed by atoms with Gasteiger partial charge in [0.1, 0.15) is 0 Å². The molecular weight excluding hydrogens is 338 g/mol. The predicted molar refractivity (Wildman–Crippen MR) is 104 cm³/mol. The van der Waals surface area contributed by atoms with Crippen LogP contribution in [-0.4, -0.2) is 16.8 Å². The van der Waals surface area contributed by atoms with Crippen molar-refractivity contribution in [3.05, 3.63) is 101 Å². The number of hydrogen-bond donors (Lipinski definition) is 2. The molecule has 0 radical (unpaired) electrons. The molecule has 5 nitrogen and oxygen atoms in total. The van der Waals surface area contributed by atoms with Crippen LogP contribution in [0.4, 0.5) is 0 Å². The van der Waals surface area contributed by atoms with Crippen LogP contribution in [0.25, 0.3) is 0 Å². The third-order valence-electron chi connectivity index (χ3n) is 4.31. The Bertz CT molecular complexity index is 922. The van der Waals surface area contributed by atoms with Crippen molar-refractivity contribution in [2.75, 3.05) is 0 Å². The highest BCUT2D eigenvalue weighted by atomic mass is 16.2. The molecule has 0 spiro atoms. The number of hydrogen-bond acceptors (Lipinski definition) is 3. The minimum absolute atomic E-state index is 0.165. The minimum Gasteiger partial charge on any atom is -0.348 e. The first-order chi connectivity index (χ1) is 13.1. The minimum atomic E-state index is -0.182. The lowest BCUT2D eigenvalue weighted by molar-refractivity contribution is 0.0939. The molecule has 2 amide bonds. The topological polar surface area (TPSA) is 71.1 Å². The van der Waals surface area contributed by atoms with Crippen molar-refractivity contribution in [3.63, 3.8) is 0 Å². The molecule has 27 heavy (non-hydrogen) atoms. The normalized spacial score (nSPS) is 10.3. The van der Waals surface area contributed by atoms with E-state index >= 15 is 0 Å². The zero-order valence-electron chi connectivity index (χ0n) is 15.1. The number of aryl methyl sites for hydroxylation is 1. The Morgan fingerprint density at radius 2 is 1.33 bits per heavy atom. The number of pyridine rings is 1. The molecule has 0 aliphatic rings. The standard InChI is InChI=1S/C22H21N3O2/c1-16-4-2-3-5-20(16)15-25-22(27)19-8-6-18(7-9-19)21(26)24-14-17-10-12-23-13-11-17/h2-13H,14-15H2,1H3,(H,24,26)(H,25,27). The van der Waals surface area contributed by atoms with Crippen LogP contribution in [0, 0.1) is 6.92 Å². The molecular formula is C22H21N3O2. The van der Waals surface area contributed by atoms with E-state index in [1.165, 1.54) is 0 Å². The molecule has 0 bridgehead atoms. The van der Waals surface area contributed by atoms with Crippen molar-refractivity contribution in [1.82, 2.24) is 15.6 Å². The van der Waals surface area contributed by atoms with E-state index in [1.54, 1.807) is 36.7 Å². The number of aromatic nitrogens is 1. The quantitative estimate of drug-likeness (QED) is 0.710. The van der Waals surface area contributed by atoms with E-state index in [9.17, 15) is 9.59 Å². The molecule has 0 saturated heterocycles. The maximum Gasteiger partial charge on any atom is 0.251 e. The van der Waals surface area contributed by atoms with Gasteiger partial charge in [-0.15, -0.1) is 0 Å². The van der Waals surface area contributed by atoms with Gasteiger partial charge in [0, 0.05) is 36.6 Å². The number of amides is 2. The Morgan fingerprint density at radius 1 is 0.778 bits per heavy atom. The van der Waals surface area contributed by atoms with Crippen LogP contribution >= 0.6 is 0 Å². The second-order valence-corrected chi connectivity index (χ2v) is 6.22. The third-order valence-corrected chi connectivity index (χ3v) is 4.31. The highest BCUT2D eigenvalue weighted by Crippen LogP contribution is 2.08. The number of carbonyl (C=O) groups excluding carboxylic acids is 2. The number of benzene rings is 2. The maximum atomic E-state index is 12.3. The van der Waals surface area contributed by atoms with Crippen LogP contribution < -0.4 is 10.6 Å². The fraction of sp³-hybridized carbons (Fsp3) is 0.136. The highest BCUT2D eigenvalue weighted by Gasteiger charge is 2.09. The van der Waals surface area contributed by atoms with Gasteiger partial charge in [-0.2, -0.15) is 0 Å². The van der Waals surface area contributed by atoms with Gasteiger partial charge in [0.25, 0.3) is 11.8 Å². The van der Waals surface area contributed by atoms with Crippen molar-refractivity contribution in [1.29, 1.82) is 0 Å². The Kier molecular flexibility index (Phi) is 5.94. The highest BCUT2D eigenvalue weighted by molar-refractivity contribution is 5.97. The molecule has 5 heteroatoms. The molecule has 0 atom stereocenters. The predicted octanol–water partition coefficient (Wildman–Crippen LogP) is 3.25. The Hall–Kier alpha value is -3.47. The molecule has 136 valence electrons. The third kappa shape index (κ3) is 5.01. The molecule has 0 aliphatic heterocycles. The monoisotopic (exact) mass is 359 g/mol. The maximum absolute atomic E-state index is 12.3. The van der Waals surface area contributed by atoms with Gasteiger partial charge < -0.3 is 10.6 Å². The first kappa shape index (κ1) is 18.3. The largest absolute Gasteiger partial charge is 0.348 e. The van der Waals surface area contributed by atoms with Crippen LogP contribution in [0.15, 0.2) is 73.1 Å². The van der Waals surface area contributed by atoms with Crippen LogP contribution in [0.5, 0.6) is 0 Å². The molecule has 2 aromatic carbocycles. The SMILES string of the molecule is Cc1ccccc1CNC(=O)c1ccc(C(=O)NCc2ccncc2)cc1. The fourth-order valence-electron chi connectivity index (χ4n) is 2.64. The van der Waals surface area contributed by atoms with Crippen molar-refractivity contribution >= 4 is 11.8 Å². The molecule has 1 aromatic heterocycles. The zero-order valence-corrected chi connectivity index (χ0v) is 15.1. The summed E-state index contributed by atoms with van der Waals surface area (Å²) in [5.74, 6) is -0.347. The summed E-state index contributed by atoms with van der Waals surface area (Å²) in [7, 11) is 0. The van der Waals surface area contributed by atoms with Crippen molar-refractivity contribution in [2.24, 2.45) is 0 Å². The number of rotatable bonds is 6. The lowest BCUT2D eigenvalue weighted by Gasteiger charge is -2.09. The summed E-state index contributed by atoms with van der Waals surface area (Å²) in [4.78, 5) is 28.5. The number of nitrogens with one attached hydrogen (secondary N) is 2. The zero-order chi connectivity index (χ0) is 19.1. The van der Waals surface area contributed by atoms with Gasteiger partial charge in [-0.3, -0.25) is 14.6 Å². The molecule has 0 aliphatic carbocycles. The van der Waals surface area contributed by atoms with Crippen LogP contribution in [0.1, 0.15) is 37.4 Å². The summed E-state index contributed by atoms with van der Waals surface area (Å²) >= 11 is 0. The molecule has 1 heterocycles. The van der Waals surface area contributed by atoms with E-state index in [-0.39, 0.29) is 11.8 Å². The smallest absolute Gasteiger partial charge is 0.251 e. The summed E-state index contributed by atoms with van der Waals surface area (Å²) in [5, 5.41) is 5.76. The van der Waals surface area contributed by atoms with Gasteiger partial charge in [-0.1, -0.05) is 24.3 Å². The number of nitrogens with zero attached hydrogens (tertiary/aromatic N) is 1. The fourth-order valence-corrected chi connectivity index (χ4v) is 2.64. The van der Waals surface area contributed by atoms with E-state index in [0.29, 0.717) is 24.2 Å². The number of carbonyl (C=O) groups is 2. The van der Waals surface area contributed by atoms with Crippen LogP contribution in [-0.2, 0) is 13.1 Å². The van der Waals surface area contributed by atoms with Crippen molar-refractivity contribution in [2.45, 2.75) is 20.0 Å². The molecule has 0 saturated carbocycles. The van der Waals surface area contributed by atoms with Gasteiger partial charge in [0.15, 0.2) is 0 Å². The van der Waals surface area contributed by atoms with E-state index in [0.717, 1.165) is 16.7 Å². The lowest BCUT2D eigenvalue weighted by atomic mass is 10.1. The van der Waals surface area contributed by atoms with Crippen LogP contribution in [0.2, 0.25) is 0 Å². The summed E-state index contributed by atoms with van der Waals surface area (Å²) in [5.41, 5.74) is 4.23. The van der Waals surface area contributed by atoms with Crippen LogP contribution in [0.3, 0.4) is 0 Å². The average molecular weight is 359 g/mol. The summed E-state index contributed by atoms with van der Waals surface area (Å²) in [6, 6.07) is 18.3. The van der Waals surface area contributed by atoms with Gasteiger partial charge in [-0.05, 0) is 60.0 Å². The van der Waals surface area contributed by atoms with E-state index in [2.05, 4.69) is 15.6 Å². The van der Waals surface area contributed by atoms with Gasteiger partial charge in [-0.25, -0.2) is 0 Å². The molecule has 0 unspecified atom stereocenters. The summed E-state index contributed by atoms with van der Waals surface area (Å²) in [6.07, 6.45) is 3.37. The molecule has 3 aromatic rings. The van der Waals surface area contributed by atoms with E-state index < -0.39 is 0 Å². The Labute approximate surface area is 158 Å². The summed E-state index contributed by atoms with van der Waals surface area (Å²) in [6.45, 7) is 2.92. The lowest BCUT2D eigenvalue weighted by Crippen LogP contribution is -2.24. The average Bonchev–Trinajstić information content (AvgIpc) is 2.72. The van der Waals surface area contributed by atoms with E-state index in [4.69, 9.17) is 0 Å². The first-order valence-corrected chi connectivity index (χ1v) is 8.73. The second-order valence-electron chi connectivity index (χ2n) is 6.22. The van der Waals surface area contributed by atoms with Crippen molar-refractivity contribution in [3.8, 4) is 0 Å². The van der Waals surface area contributed by atoms with Gasteiger partial charge >= 0.3 is 0 Å². The molecule has 2 N–H and O–H groups in total. The second kappa shape index (κ2) is 8.76. The first-order valence-electron chi connectivity index (χ1n) is 8.73. The molecule has 3 rings (SSSR count). The van der Waals surface area contributed by atoms with Crippen molar-refractivity contribution < 1.29 is 9.59 Å². The van der Waals surface area contributed by atoms with E-state index in [1.807, 2.05) is 43.3 Å².